The first kappa shape index (κ1) is 15.4. The van der Waals surface area contributed by atoms with Gasteiger partial charge in [-0.15, -0.1) is 11.3 Å². The maximum Gasteiger partial charge on any atom is 0.172 e. The first-order valence-electron chi connectivity index (χ1n) is 7.24. The van der Waals surface area contributed by atoms with Gasteiger partial charge in [0.05, 0.1) is 26.1 Å². The van der Waals surface area contributed by atoms with Crippen LogP contribution in [0.1, 0.15) is 0 Å². The Balaban J connectivity index is 1.88. The van der Waals surface area contributed by atoms with Crippen LogP contribution in [0.2, 0.25) is 10.0 Å². The number of fused-ring (bicyclic) bond motifs is 1. The van der Waals surface area contributed by atoms with Crippen molar-refractivity contribution in [3.63, 3.8) is 0 Å². The lowest BCUT2D eigenvalue weighted by Gasteiger charge is -2.12. The summed E-state index contributed by atoms with van der Waals surface area (Å²) in [4.78, 5) is 10.4. The number of aromatic nitrogens is 2. The monoisotopic (exact) mass is 371 g/mol. The van der Waals surface area contributed by atoms with E-state index in [-0.39, 0.29) is 0 Å². The summed E-state index contributed by atoms with van der Waals surface area (Å²) in [6.45, 7) is 0. The highest BCUT2D eigenvalue weighted by molar-refractivity contribution is 7.13. The zero-order valence-electron chi connectivity index (χ0n) is 12.3. The lowest BCUT2D eigenvalue weighted by molar-refractivity contribution is 1.23. The number of hydrogen-bond donors (Lipinski definition) is 1. The number of nitrogens with one attached hydrogen (secondary N) is 1. The third-order valence-electron chi connectivity index (χ3n) is 3.55. The molecule has 1 N–H and O–H groups in total. The summed E-state index contributed by atoms with van der Waals surface area (Å²) in [6.07, 6.45) is 0. The molecule has 0 unspecified atom stereocenters. The van der Waals surface area contributed by atoms with E-state index in [2.05, 4.69) is 10.3 Å². The molecular formula is C18H11Cl2N3S. The average Bonchev–Trinajstić information content (AvgIpc) is 3.13. The summed E-state index contributed by atoms with van der Waals surface area (Å²) >= 11 is 14.0. The highest BCUT2D eigenvalue weighted by atomic mass is 35.5. The molecule has 24 heavy (non-hydrogen) atoms. The summed E-state index contributed by atoms with van der Waals surface area (Å²) < 4.78 is 0. The Bertz CT molecular complexity index is 1020. The van der Waals surface area contributed by atoms with Gasteiger partial charge in [0.15, 0.2) is 5.82 Å². The summed E-state index contributed by atoms with van der Waals surface area (Å²) in [5.74, 6) is 1.39. The summed E-state index contributed by atoms with van der Waals surface area (Å²) in [7, 11) is 0. The van der Waals surface area contributed by atoms with Crippen LogP contribution in [-0.2, 0) is 0 Å². The highest BCUT2D eigenvalue weighted by Gasteiger charge is 2.12. The Labute approximate surface area is 152 Å². The standard InChI is InChI=1S/C18H11Cl2N3S/c19-12-6-3-8-14(16(12)20)22-17-11-5-1-2-7-13(11)21-18(23-17)15-9-4-10-24-15/h1-10H,(H,21,22,23). The number of halogens is 2. The van der Waals surface area contributed by atoms with E-state index in [1.807, 2.05) is 53.9 Å². The van der Waals surface area contributed by atoms with Crippen LogP contribution in [0.3, 0.4) is 0 Å². The van der Waals surface area contributed by atoms with Crippen LogP contribution in [0.15, 0.2) is 60.0 Å². The van der Waals surface area contributed by atoms with E-state index in [1.165, 1.54) is 0 Å². The van der Waals surface area contributed by atoms with Crippen molar-refractivity contribution in [1.82, 2.24) is 9.97 Å². The molecule has 4 aromatic rings. The zero-order chi connectivity index (χ0) is 16.5. The number of anilines is 2. The molecule has 0 saturated carbocycles. The molecule has 0 aliphatic rings. The van der Waals surface area contributed by atoms with Crippen molar-refractivity contribution in [2.24, 2.45) is 0 Å². The number of hydrogen-bond acceptors (Lipinski definition) is 4. The second kappa shape index (κ2) is 6.40. The number of para-hydroxylation sites is 1. The van der Waals surface area contributed by atoms with Crippen molar-refractivity contribution < 1.29 is 0 Å². The van der Waals surface area contributed by atoms with Gasteiger partial charge < -0.3 is 5.32 Å². The summed E-state index contributed by atoms with van der Waals surface area (Å²) in [5.41, 5.74) is 1.58. The van der Waals surface area contributed by atoms with Gasteiger partial charge in [0, 0.05) is 5.39 Å². The minimum absolute atomic E-state index is 0.472. The molecule has 6 heteroatoms. The molecular weight excluding hydrogens is 361 g/mol. The fraction of sp³-hybridized carbons (Fsp3) is 0. The third kappa shape index (κ3) is 2.84. The number of rotatable bonds is 3. The van der Waals surface area contributed by atoms with E-state index >= 15 is 0 Å². The van der Waals surface area contributed by atoms with E-state index in [9.17, 15) is 0 Å². The second-order valence-corrected chi connectivity index (χ2v) is 6.85. The van der Waals surface area contributed by atoms with Gasteiger partial charge in [-0.05, 0) is 35.7 Å². The topological polar surface area (TPSA) is 37.8 Å². The molecule has 2 heterocycles. The van der Waals surface area contributed by atoms with E-state index in [0.29, 0.717) is 27.4 Å². The Kier molecular flexibility index (Phi) is 4.10. The van der Waals surface area contributed by atoms with Gasteiger partial charge in [0.2, 0.25) is 0 Å². The fourth-order valence-electron chi connectivity index (χ4n) is 2.42. The van der Waals surface area contributed by atoms with Crippen molar-refractivity contribution >= 4 is 56.9 Å². The van der Waals surface area contributed by atoms with Crippen molar-refractivity contribution in [1.29, 1.82) is 0 Å². The Morgan fingerprint density at radius 3 is 2.58 bits per heavy atom. The van der Waals surface area contributed by atoms with Crippen LogP contribution in [0.4, 0.5) is 11.5 Å². The van der Waals surface area contributed by atoms with Crippen molar-refractivity contribution in [2.75, 3.05) is 5.32 Å². The van der Waals surface area contributed by atoms with Crippen LogP contribution in [0, 0.1) is 0 Å². The zero-order valence-corrected chi connectivity index (χ0v) is 14.7. The van der Waals surface area contributed by atoms with Crippen molar-refractivity contribution in [3.05, 3.63) is 70.0 Å². The number of benzene rings is 2. The van der Waals surface area contributed by atoms with Crippen molar-refractivity contribution in [3.8, 4) is 10.7 Å². The molecule has 0 aliphatic carbocycles. The molecule has 0 atom stereocenters. The maximum atomic E-state index is 6.30. The summed E-state index contributed by atoms with van der Waals surface area (Å²) in [6, 6.07) is 17.3. The van der Waals surface area contributed by atoms with E-state index < -0.39 is 0 Å². The van der Waals surface area contributed by atoms with Gasteiger partial charge in [0.1, 0.15) is 5.82 Å². The van der Waals surface area contributed by atoms with Crippen LogP contribution >= 0.6 is 34.5 Å². The van der Waals surface area contributed by atoms with Gasteiger partial charge in [-0.1, -0.05) is 47.5 Å². The third-order valence-corrected chi connectivity index (χ3v) is 5.23. The van der Waals surface area contributed by atoms with E-state index in [4.69, 9.17) is 28.2 Å². The fourth-order valence-corrected chi connectivity index (χ4v) is 3.42. The molecule has 0 saturated heterocycles. The molecule has 2 aromatic carbocycles. The number of thiophene rings is 1. The minimum atomic E-state index is 0.472. The molecule has 118 valence electrons. The van der Waals surface area contributed by atoms with Crippen LogP contribution in [0.5, 0.6) is 0 Å². The Hall–Kier alpha value is -2.14. The quantitative estimate of drug-likeness (QED) is 0.452. The van der Waals surface area contributed by atoms with Gasteiger partial charge in [-0.25, -0.2) is 9.97 Å². The lowest BCUT2D eigenvalue weighted by atomic mass is 10.2. The van der Waals surface area contributed by atoms with E-state index in [1.54, 1.807) is 17.4 Å². The second-order valence-electron chi connectivity index (χ2n) is 5.12. The van der Waals surface area contributed by atoms with Gasteiger partial charge in [-0.3, -0.25) is 0 Å². The molecule has 0 amide bonds. The smallest absolute Gasteiger partial charge is 0.172 e. The van der Waals surface area contributed by atoms with Gasteiger partial charge in [-0.2, -0.15) is 0 Å². The van der Waals surface area contributed by atoms with E-state index in [0.717, 1.165) is 15.8 Å². The predicted molar refractivity (Wildman–Crippen MR) is 103 cm³/mol. The largest absolute Gasteiger partial charge is 0.338 e. The SMILES string of the molecule is Clc1cccc(Nc2nc(-c3cccs3)nc3ccccc23)c1Cl. The maximum absolute atomic E-state index is 6.30. The lowest BCUT2D eigenvalue weighted by Crippen LogP contribution is -1.99. The van der Waals surface area contributed by atoms with Crippen LogP contribution in [-0.4, -0.2) is 9.97 Å². The first-order valence-corrected chi connectivity index (χ1v) is 8.87. The molecule has 0 bridgehead atoms. The van der Waals surface area contributed by atoms with Crippen LogP contribution < -0.4 is 5.32 Å². The molecule has 2 aromatic heterocycles. The van der Waals surface area contributed by atoms with Gasteiger partial charge in [0.25, 0.3) is 0 Å². The Morgan fingerprint density at radius 1 is 0.875 bits per heavy atom. The predicted octanol–water partition coefficient (Wildman–Crippen LogP) is 6.41. The summed E-state index contributed by atoms with van der Waals surface area (Å²) in [5, 5.41) is 7.20. The molecule has 0 aliphatic heterocycles. The molecule has 0 radical (unpaired) electrons. The normalized spacial score (nSPS) is 10.9. The molecule has 3 nitrogen and oxygen atoms in total. The molecule has 0 fully saturated rings. The minimum Gasteiger partial charge on any atom is -0.338 e. The van der Waals surface area contributed by atoms with Crippen LogP contribution in [0.25, 0.3) is 21.6 Å². The highest BCUT2D eigenvalue weighted by Crippen LogP contribution is 2.34. The van der Waals surface area contributed by atoms with Crippen molar-refractivity contribution in [2.45, 2.75) is 0 Å². The Morgan fingerprint density at radius 2 is 1.75 bits per heavy atom. The van der Waals surface area contributed by atoms with Gasteiger partial charge >= 0.3 is 0 Å². The molecule has 4 rings (SSSR count). The average molecular weight is 372 g/mol. The molecule has 0 spiro atoms. The first-order chi connectivity index (χ1) is 11.7. The number of nitrogens with zero attached hydrogens (tertiary/aromatic N) is 2.